The van der Waals surface area contributed by atoms with Crippen LogP contribution in [-0.4, -0.2) is 42.6 Å². The molecule has 0 spiro atoms. The number of hydrogen-bond acceptors (Lipinski definition) is 7. The number of aromatic nitrogens is 5. The van der Waals surface area contributed by atoms with E-state index in [0.29, 0.717) is 23.6 Å². The zero-order valence-corrected chi connectivity index (χ0v) is 16.9. The summed E-state index contributed by atoms with van der Waals surface area (Å²) < 4.78 is 40.5. The van der Waals surface area contributed by atoms with Crippen molar-refractivity contribution in [2.75, 3.05) is 18.0 Å². The lowest BCUT2D eigenvalue weighted by Gasteiger charge is -2.34. The van der Waals surface area contributed by atoms with E-state index in [1.54, 1.807) is 12.3 Å². The van der Waals surface area contributed by atoms with E-state index in [1.165, 1.54) is 16.8 Å². The first-order valence-corrected chi connectivity index (χ1v) is 9.80. The Morgan fingerprint density at radius 3 is 2.77 bits per heavy atom. The molecule has 0 aliphatic carbocycles. The van der Waals surface area contributed by atoms with Crippen LogP contribution in [0.3, 0.4) is 0 Å². The molecule has 0 saturated carbocycles. The molecule has 8 nitrogen and oxygen atoms in total. The van der Waals surface area contributed by atoms with Gasteiger partial charge in [-0.25, -0.2) is 19.9 Å². The van der Waals surface area contributed by atoms with Gasteiger partial charge < -0.3 is 10.6 Å². The SMILES string of the molecule is N=C(Cl)/C(=C\N)C1CCCN(c2ccnc(-c3cnc4cnc(C(F)(F)F)cn34)n2)C1. The van der Waals surface area contributed by atoms with Gasteiger partial charge in [-0.1, -0.05) is 11.6 Å². The average Bonchev–Trinajstić information content (AvgIpc) is 3.17. The van der Waals surface area contributed by atoms with E-state index in [-0.39, 0.29) is 22.6 Å². The van der Waals surface area contributed by atoms with Crippen molar-refractivity contribution in [1.82, 2.24) is 24.3 Å². The molecule has 162 valence electrons. The van der Waals surface area contributed by atoms with Crippen LogP contribution in [0, 0.1) is 11.3 Å². The van der Waals surface area contributed by atoms with Gasteiger partial charge in [0.05, 0.1) is 12.4 Å². The van der Waals surface area contributed by atoms with Crippen LogP contribution < -0.4 is 10.6 Å². The second kappa shape index (κ2) is 8.14. The normalized spacial score (nSPS) is 17.9. The number of fused-ring (bicyclic) bond motifs is 1. The van der Waals surface area contributed by atoms with Gasteiger partial charge in [-0.3, -0.25) is 9.81 Å². The zero-order chi connectivity index (χ0) is 22.2. The summed E-state index contributed by atoms with van der Waals surface area (Å²) in [6, 6.07) is 1.73. The first-order chi connectivity index (χ1) is 14.8. The predicted octanol–water partition coefficient (Wildman–Crippen LogP) is 3.48. The summed E-state index contributed by atoms with van der Waals surface area (Å²) in [5.74, 6) is 0.844. The molecule has 0 bridgehead atoms. The molecule has 31 heavy (non-hydrogen) atoms. The predicted molar refractivity (Wildman–Crippen MR) is 110 cm³/mol. The highest BCUT2D eigenvalue weighted by Gasteiger charge is 2.33. The number of nitrogens with zero attached hydrogens (tertiary/aromatic N) is 6. The molecule has 0 aromatic carbocycles. The second-order valence-electron chi connectivity index (χ2n) is 7.10. The molecule has 3 N–H and O–H groups in total. The van der Waals surface area contributed by atoms with E-state index in [2.05, 4.69) is 19.9 Å². The number of rotatable bonds is 4. The Labute approximate surface area is 180 Å². The molecule has 1 aliphatic heterocycles. The van der Waals surface area contributed by atoms with E-state index >= 15 is 0 Å². The van der Waals surface area contributed by atoms with Gasteiger partial charge in [-0.05, 0) is 18.9 Å². The van der Waals surface area contributed by atoms with E-state index in [9.17, 15) is 13.2 Å². The Morgan fingerprint density at radius 1 is 1.26 bits per heavy atom. The van der Waals surface area contributed by atoms with Gasteiger partial charge in [0.2, 0.25) is 0 Å². The molecular formula is C19H18ClF3N8. The fraction of sp³-hybridized carbons (Fsp3) is 0.316. The molecule has 1 unspecified atom stereocenters. The van der Waals surface area contributed by atoms with Crippen LogP contribution in [0.2, 0.25) is 0 Å². The summed E-state index contributed by atoms with van der Waals surface area (Å²) in [5.41, 5.74) is 5.78. The molecule has 1 atom stereocenters. The second-order valence-corrected chi connectivity index (χ2v) is 7.48. The first-order valence-electron chi connectivity index (χ1n) is 9.43. The molecule has 1 aliphatic rings. The van der Waals surface area contributed by atoms with E-state index in [4.69, 9.17) is 22.7 Å². The van der Waals surface area contributed by atoms with Gasteiger partial charge in [0.25, 0.3) is 0 Å². The number of nitrogens with one attached hydrogen (secondary N) is 1. The highest BCUT2D eigenvalue weighted by molar-refractivity contribution is 6.68. The van der Waals surface area contributed by atoms with Crippen molar-refractivity contribution in [3.8, 4) is 11.5 Å². The zero-order valence-electron chi connectivity index (χ0n) is 16.1. The minimum atomic E-state index is -4.58. The Hall–Kier alpha value is -3.21. The van der Waals surface area contributed by atoms with Crippen molar-refractivity contribution in [3.05, 3.63) is 48.3 Å². The lowest BCUT2D eigenvalue weighted by Crippen LogP contribution is -2.37. The smallest absolute Gasteiger partial charge is 0.404 e. The summed E-state index contributed by atoms with van der Waals surface area (Å²) in [5, 5.41) is 7.62. The molecule has 3 aromatic heterocycles. The maximum Gasteiger partial charge on any atom is 0.434 e. The Morgan fingerprint density at radius 2 is 2.06 bits per heavy atom. The number of halogens is 4. The van der Waals surface area contributed by atoms with Gasteiger partial charge in [0.1, 0.15) is 16.7 Å². The third-order valence-electron chi connectivity index (χ3n) is 5.17. The van der Waals surface area contributed by atoms with Gasteiger partial charge >= 0.3 is 6.18 Å². The van der Waals surface area contributed by atoms with Crippen molar-refractivity contribution in [1.29, 1.82) is 5.41 Å². The molecule has 4 heterocycles. The lowest BCUT2D eigenvalue weighted by atomic mass is 9.91. The first kappa shape index (κ1) is 21.0. The van der Waals surface area contributed by atoms with Crippen molar-refractivity contribution in [2.24, 2.45) is 11.7 Å². The van der Waals surface area contributed by atoms with E-state index < -0.39 is 11.9 Å². The minimum Gasteiger partial charge on any atom is -0.404 e. The van der Waals surface area contributed by atoms with E-state index in [1.807, 2.05) is 4.90 Å². The summed E-state index contributed by atoms with van der Waals surface area (Å²) in [4.78, 5) is 18.3. The van der Waals surface area contributed by atoms with Crippen molar-refractivity contribution >= 4 is 28.2 Å². The number of nitrogens with two attached hydrogens (primary N) is 1. The van der Waals surface area contributed by atoms with Crippen LogP contribution in [0.1, 0.15) is 18.5 Å². The minimum absolute atomic E-state index is 0.0154. The van der Waals surface area contributed by atoms with Gasteiger partial charge in [0, 0.05) is 43.2 Å². The standard InChI is InChI=1S/C19H18ClF3N8/c20-17(25)12(6-24)11-2-1-5-30(9-11)15-3-4-26-18(29-15)13-7-28-16-8-27-14(10-31(13)16)19(21,22)23/h3-4,6-8,10-11,25H,1-2,5,9,24H2/b12-6-,25-17?. The van der Waals surface area contributed by atoms with Crippen LogP contribution in [-0.2, 0) is 6.18 Å². The Bertz CT molecular complexity index is 1160. The highest BCUT2D eigenvalue weighted by atomic mass is 35.5. The van der Waals surface area contributed by atoms with Gasteiger partial charge in [-0.15, -0.1) is 0 Å². The maximum absolute atomic E-state index is 13.1. The largest absolute Gasteiger partial charge is 0.434 e. The fourth-order valence-electron chi connectivity index (χ4n) is 3.68. The van der Waals surface area contributed by atoms with Crippen LogP contribution in [0.4, 0.5) is 19.0 Å². The van der Waals surface area contributed by atoms with E-state index in [0.717, 1.165) is 31.8 Å². The third-order valence-corrected chi connectivity index (χ3v) is 5.39. The molecule has 0 amide bonds. The van der Waals surface area contributed by atoms with Crippen LogP contribution in [0.5, 0.6) is 0 Å². The number of alkyl halides is 3. The summed E-state index contributed by atoms with van der Waals surface area (Å²) in [6.45, 7) is 1.29. The number of anilines is 1. The maximum atomic E-state index is 13.1. The quantitative estimate of drug-likeness (QED) is 0.589. The van der Waals surface area contributed by atoms with Crippen molar-refractivity contribution in [3.63, 3.8) is 0 Å². The average molecular weight is 451 g/mol. The van der Waals surface area contributed by atoms with Gasteiger partial charge in [0.15, 0.2) is 17.2 Å². The summed E-state index contributed by atoms with van der Waals surface area (Å²) >= 11 is 5.86. The Balaban J connectivity index is 1.67. The topological polar surface area (TPSA) is 109 Å². The summed E-state index contributed by atoms with van der Waals surface area (Å²) in [6.07, 6.45) is 3.39. The molecule has 4 rings (SSSR count). The third kappa shape index (κ3) is 4.18. The number of hydrogen-bond donors (Lipinski definition) is 2. The number of imidazole rings is 1. The Kier molecular flexibility index (Phi) is 5.52. The van der Waals surface area contributed by atoms with Crippen LogP contribution in [0.15, 0.2) is 42.6 Å². The molecule has 1 saturated heterocycles. The van der Waals surface area contributed by atoms with Crippen molar-refractivity contribution < 1.29 is 13.2 Å². The molecule has 0 radical (unpaired) electrons. The highest BCUT2D eigenvalue weighted by Crippen LogP contribution is 2.30. The molecule has 12 heteroatoms. The fourth-order valence-corrected chi connectivity index (χ4v) is 3.89. The summed E-state index contributed by atoms with van der Waals surface area (Å²) in [7, 11) is 0. The van der Waals surface area contributed by atoms with Crippen LogP contribution in [0.25, 0.3) is 17.2 Å². The molecule has 1 fully saturated rings. The van der Waals surface area contributed by atoms with Crippen LogP contribution >= 0.6 is 11.6 Å². The van der Waals surface area contributed by atoms with Crippen molar-refractivity contribution in [2.45, 2.75) is 19.0 Å². The monoisotopic (exact) mass is 450 g/mol. The lowest BCUT2D eigenvalue weighted by molar-refractivity contribution is -0.141. The van der Waals surface area contributed by atoms with Gasteiger partial charge in [-0.2, -0.15) is 13.2 Å². The molecule has 3 aromatic rings. The molecular weight excluding hydrogens is 433 g/mol. The number of piperidine rings is 1.